The molecule has 2 heterocycles. The molecule has 1 aliphatic heterocycles. The summed E-state index contributed by atoms with van der Waals surface area (Å²) in [7, 11) is 0. The highest BCUT2D eigenvalue weighted by atomic mass is 16.5. The zero-order valence-corrected chi connectivity index (χ0v) is 18.0. The highest BCUT2D eigenvalue weighted by Crippen LogP contribution is 2.36. The molecular formula is C24H30N2O4. The van der Waals surface area contributed by atoms with E-state index in [1.165, 1.54) is 0 Å². The van der Waals surface area contributed by atoms with Crippen molar-refractivity contribution in [2.75, 3.05) is 19.7 Å². The van der Waals surface area contributed by atoms with Crippen LogP contribution in [0, 0.1) is 5.41 Å². The summed E-state index contributed by atoms with van der Waals surface area (Å²) in [6, 6.07) is 11.6. The number of rotatable bonds is 7. The van der Waals surface area contributed by atoms with Crippen LogP contribution >= 0.6 is 0 Å². The number of hydrogen-bond donors (Lipinski definition) is 0. The van der Waals surface area contributed by atoms with Gasteiger partial charge in [-0.1, -0.05) is 61.5 Å². The summed E-state index contributed by atoms with van der Waals surface area (Å²) in [6.45, 7) is 7.01. The van der Waals surface area contributed by atoms with Gasteiger partial charge in [-0.3, -0.25) is 9.59 Å². The monoisotopic (exact) mass is 410 g/mol. The zero-order valence-electron chi connectivity index (χ0n) is 18.0. The third-order valence-corrected chi connectivity index (χ3v) is 5.52. The lowest BCUT2D eigenvalue weighted by Crippen LogP contribution is -2.50. The van der Waals surface area contributed by atoms with Crippen molar-refractivity contribution < 1.29 is 18.8 Å². The molecule has 1 fully saturated rings. The molecule has 30 heavy (non-hydrogen) atoms. The highest BCUT2D eigenvalue weighted by molar-refractivity contribution is 5.92. The second kappa shape index (κ2) is 9.74. The molecule has 160 valence electrons. The van der Waals surface area contributed by atoms with Crippen LogP contribution in [-0.2, 0) is 9.53 Å². The number of hydrogen-bond acceptors (Lipinski definition) is 5. The van der Waals surface area contributed by atoms with Gasteiger partial charge in [0.1, 0.15) is 0 Å². The molecule has 0 spiro atoms. The fraction of sp³-hybridized carbons (Fsp3) is 0.458. The van der Waals surface area contributed by atoms with Gasteiger partial charge in [0, 0.05) is 19.2 Å². The van der Waals surface area contributed by atoms with Crippen LogP contribution in [-0.4, -0.2) is 41.6 Å². The van der Waals surface area contributed by atoms with Crippen molar-refractivity contribution in [3.05, 3.63) is 59.5 Å². The summed E-state index contributed by atoms with van der Waals surface area (Å²) < 4.78 is 10.7. The Hall–Kier alpha value is -2.89. The number of ether oxygens (including phenoxy) is 1. The minimum absolute atomic E-state index is 0.179. The minimum Gasteiger partial charge on any atom is -0.466 e. The molecule has 3 rings (SSSR count). The lowest BCUT2D eigenvalue weighted by atomic mass is 9.76. The van der Waals surface area contributed by atoms with Crippen LogP contribution in [0.4, 0.5) is 0 Å². The number of carbonyl (C=O) groups excluding carboxylic acids is 2. The first-order valence-corrected chi connectivity index (χ1v) is 10.6. The predicted octanol–water partition coefficient (Wildman–Crippen LogP) is 4.69. The number of aromatic nitrogens is 1. The smallest absolute Gasteiger partial charge is 0.314 e. The zero-order chi connectivity index (χ0) is 21.6. The van der Waals surface area contributed by atoms with E-state index >= 15 is 0 Å². The van der Waals surface area contributed by atoms with Gasteiger partial charge in [-0.15, -0.1) is 0 Å². The van der Waals surface area contributed by atoms with E-state index in [-0.39, 0.29) is 23.6 Å². The maximum absolute atomic E-state index is 13.0. The Kier molecular flexibility index (Phi) is 7.08. The molecule has 1 aromatic carbocycles. The van der Waals surface area contributed by atoms with Crippen LogP contribution in [0.5, 0.6) is 0 Å². The Labute approximate surface area is 177 Å². The van der Waals surface area contributed by atoms with Gasteiger partial charge in [0.25, 0.3) is 5.91 Å². The van der Waals surface area contributed by atoms with E-state index in [0.29, 0.717) is 32.5 Å². The number of amides is 1. The van der Waals surface area contributed by atoms with Crippen molar-refractivity contribution in [3.8, 4) is 0 Å². The molecule has 6 heteroatoms. The van der Waals surface area contributed by atoms with Crippen LogP contribution in [0.15, 0.2) is 47.0 Å². The molecule has 1 aliphatic rings. The maximum Gasteiger partial charge on any atom is 0.314 e. The van der Waals surface area contributed by atoms with Crippen molar-refractivity contribution >= 4 is 18.0 Å². The Morgan fingerprint density at radius 2 is 2.07 bits per heavy atom. The first-order valence-electron chi connectivity index (χ1n) is 10.6. The second-order valence-corrected chi connectivity index (χ2v) is 8.12. The molecule has 0 N–H and O–H groups in total. The fourth-order valence-corrected chi connectivity index (χ4v) is 3.81. The molecule has 0 unspecified atom stereocenters. The van der Waals surface area contributed by atoms with Gasteiger partial charge in [-0.05, 0) is 37.7 Å². The van der Waals surface area contributed by atoms with Gasteiger partial charge < -0.3 is 14.2 Å². The number of nitrogens with zero attached hydrogens (tertiary/aromatic N) is 2. The average molecular weight is 411 g/mol. The molecule has 1 amide bonds. The largest absolute Gasteiger partial charge is 0.466 e. The van der Waals surface area contributed by atoms with Crippen LogP contribution in [0.3, 0.4) is 0 Å². The summed E-state index contributed by atoms with van der Waals surface area (Å²) in [5.41, 5.74) is 1.07. The van der Waals surface area contributed by atoms with E-state index in [2.05, 4.69) is 5.16 Å². The summed E-state index contributed by atoms with van der Waals surface area (Å²) in [4.78, 5) is 27.6. The molecular weight excluding hydrogens is 380 g/mol. The fourth-order valence-electron chi connectivity index (χ4n) is 3.81. The normalized spacial score (nSPS) is 19.4. The number of piperidine rings is 1. The summed E-state index contributed by atoms with van der Waals surface area (Å²) in [5, 5.41) is 3.99. The Morgan fingerprint density at radius 1 is 1.30 bits per heavy atom. The molecule has 6 nitrogen and oxygen atoms in total. The molecule has 1 atom stereocenters. The average Bonchev–Trinajstić information content (AvgIpc) is 3.25. The van der Waals surface area contributed by atoms with E-state index in [1.807, 2.05) is 56.3 Å². The lowest BCUT2D eigenvalue weighted by molar-refractivity contribution is -0.158. The molecule has 0 bridgehead atoms. The van der Waals surface area contributed by atoms with Gasteiger partial charge in [0.15, 0.2) is 0 Å². The van der Waals surface area contributed by atoms with E-state index < -0.39 is 5.41 Å². The van der Waals surface area contributed by atoms with Crippen LogP contribution in [0.2, 0.25) is 0 Å². The Balaban J connectivity index is 1.78. The number of benzene rings is 1. The summed E-state index contributed by atoms with van der Waals surface area (Å²) >= 11 is 0. The first-order chi connectivity index (χ1) is 14.4. The quantitative estimate of drug-likeness (QED) is 0.619. The molecule has 0 saturated carbocycles. The van der Waals surface area contributed by atoms with E-state index in [4.69, 9.17) is 9.26 Å². The van der Waals surface area contributed by atoms with Crippen LogP contribution in [0.1, 0.15) is 67.8 Å². The second-order valence-electron chi connectivity index (χ2n) is 8.12. The Morgan fingerprint density at radius 3 is 2.73 bits per heavy atom. The van der Waals surface area contributed by atoms with Crippen LogP contribution in [0.25, 0.3) is 6.08 Å². The molecule has 0 radical (unpaired) electrons. The van der Waals surface area contributed by atoms with Crippen molar-refractivity contribution in [3.63, 3.8) is 0 Å². The molecule has 1 aromatic heterocycles. The SMILES string of the molecule is CCOC(=O)[C@@]1(C/C=C/c2ccccc2)CCCN(C(=O)c2cc(C(C)C)no2)C1. The van der Waals surface area contributed by atoms with E-state index in [0.717, 1.165) is 17.7 Å². The van der Waals surface area contributed by atoms with E-state index in [9.17, 15) is 9.59 Å². The third-order valence-electron chi connectivity index (χ3n) is 5.52. The molecule has 0 aliphatic carbocycles. The standard InChI is InChI=1S/C24H30N2O4/c1-4-29-23(28)24(13-8-12-19-10-6-5-7-11-19)14-9-15-26(17-24)22(27)21-16-20(18(2)3)25-30-21/h5-8,10-12,16,18H,4,9,13-15,17H2,1-3H3/b12-8+/t24-/m0/s1. The third kappa shape index (κ3) is 4.99. The first kappa shape index (κ1) is 21.8. The van der Waals surface area contributed by atoms with Gasteiger partial charge in [0.2, 0.25) is 5.76 Å². The topological polar surface area (TPSA) is 72.6 Å². The van der Waals surface area contributed by atoms with Crippen molar-refractivity contribution in [1.82, 2.24) is 10.1 Å². The highest BCUT2D eigenvalue weighted by Gasteiger charge is 2.44. The van der Waals surface area contributed by atoms with Gasteiger partial charge in [-0.25, -0.2) is 0 Å². The number of carbonyl (C=O) groups is 2. The van der Waals surface area contributed by atoms with Gasteiger partial charge in [-0.2, -0.15) is 0 Å². The van der Waals surface area contributed by atoms with Crippen LogP contribution < -0.4 is 0 Å². The predicted molar refractivity (Wildman–Crippen MR) is 115 cm³/mol. The van der Waals surface area contributed by atoms with E-state index in [1.54, 1.807) is 17.9 Å². The van der Waals surface area contributed by atoms with Crippen molar-refractivity contribution in [2.45, 2.75) is 46.0 Å². The minimum atomic E-state index is -0.754. The van der Waals surface area contributed by atoms with Gasteiger partial charge in [0.05, 0.1) is 17.7 Å². The number of esters is 1. The number of likely N-dealkylation sites (tertiary alicyclic amines) is 1. The maximum atomic E-state index is 13.0. The van der Waals surface area contributed by atoms with Crippen molar-refractivity contribution in [2.24, 2.45) is 5.41 Å². The Bertz CT molecular complexity index is 888. The lowest BCUT2D eigenvalue weighted by Gasteiger charge is -2.40. The van der Waals surface area contributed by atoms with Gasteiger partial charge >= 0.3 is 5.97 Å². The number of allylic oxidation sites excluding steroid dienone is 1. The molecule has 1 saturated heterocycles. The summed E-state index contributed by atoms with van der Waals surface area (Å²) in [5.74, 6) is -0.0768. The summed E-state index contributed by atoms with van der Waals surface area (Å²) in [6.07, 6.45) is 5.94. The van der Waals surface area contributed by atoms with Crippen molar-refractivity contribution in [1.29, 1.82) is 0 Å². The molecule has 2 aromatic rings.